The van der Waals surface area contributed by atoms with Crippen LogP contribution in [-0.2, 0) is 10.0 Å². The highest BCUT2D eigenvalue weighted by Crippen LogP contribution is 2.27. The molecular weight excluding hydrogens is 286 g/mol. The van der Waals surface area contributed by atoms with Crippen LogP contribution in [0.4, 0.5) is 0 Å². The lowest BCUT2D eigenvalue weighted by molar-refractivity contribution is 0.155. The molecule has 1 aliphatic heterocycles. The van der Waals surface area contributed by atoms with Gasteiger partial charge in [-0.1, -0.05) is 38.0 Å². The van der Waals surface area contributed by atoms with Crippen molar-refractivity contribution < 1.29 is 13.5 Å². The number of sulfonamides is 1. The summed E-state index contributed by atoms with van der Waals surface area (Å²) < 4.78 is 26.9. The number of aryl methyl sites for hydroxylation is 2. The van der Waals surface area contributed by atoms with Crippen molar-refractivity contribution in [1.82, 2.24) is 4.31 Å². The topological polar surface area (TPSA) is 57.6 Å². The Bertz CT molecular complexity index is 555. The van der Waals surface area contributed by atoms with Gasteiger partial charge in [0, 0.05) is 12.6 Å². The van der Waals surface area contributed by atoms with Gasteiger partial charge in [-0.05, 0) is 38.3 Å². The van der Waals surface area contributed by atoms with Crippen LogP contribution in [0, 0.1) is 13.8 Å². The third kappa shape index (κ3) is 4.05. The Hall–Kier alpha value is -0.910. The predicted molar refractivity (Wildman–Crippen MR) is 85.9 cm³/mol. The zero-order valence-electron chi connectivity index (χ0n) is 13.5. The molecule has 0 aliphatic carbocycles. The van der Waals surface area contributed by atoms with Gasteiger partial charge in [0.25, 0.3) is 0 Å². The van der Waals surface area contributed by atoms with Crippen molar-refractivity contribution in [3.63, 3.8) is 0 Å². The van der Waals surface area contributed by atoms with Crippen LogP contribution in [0.5, 0.6) is 0 Å². The van der Waals surface area contributed by atoms with Crippen LogP contribution in [0.2, 0.25) is 0 Å². The van der Waals surface area contributed by atoms with Gasteiger partial charge in [0.2, 0.25) is 10.0 Å². The molecule has 1 atom stereocenters. The Labute approximate surface area is 128 Å². The third-order valence-corrected chi connectivity index (χ3v) is 5.81. The summed E-state index contributed by atoms with van der Waals surface area (Å²) >= 11 is 0. The molecule has 1 saturated heterocycles. The molecule has 0 bridgehead atoms. The summed E-state index contributed by atoms with van der Waals surface area (Å²) in [5.41, 5.74) is 1.82. The predicted octanol–water partition coefficient (Wildman–Crippen LogP) is 2.87. The molecule has 1 N–H and O–H groups in total. The van der Waals surface area contributed by atoms with Crippen molar-refractivity contribution >= 4 is 10.0 Å². The second-order valence-corrected chi connectivity index (χ2v) is 7.08. The van der Waals surface area contributed by atoms with Gasteiger partial charge in [0.1, 0.15) is 0 Å². The van der Waals surface area contributed by atoms with Crippen LogP contribution in [0.25, 0.3) is 0 Å². The average Bonchev–Trinajstić information content (AvgIpc) is 2.48. The molecule has 1 aliphatic rings. The van der Waals surface area contributed by atoms with Gasteiger partial charge in [0.15, 0.2) is 0 Å². The van der Waals surface area contributed by atoms with Crippen molar-refractivity contribution in [2.45, 2.75) is 57.9 Å². The summed E-state index contributed by atoms with van der Waals surface area (Å²) in [6.45, 7) is 8.16. The Kier molecular flexibility index (Phi) is 6.84. The van der Waals surface area contributed by atoms with Crippen molar-refractivity contribution in [3.8, 4) is 0 Å². The quantitative estimate of drug-likeness (QED) is 0.933. The highest BCUT2D eigenvalue weighted by molar-refractivity contribution is 7.89. The Morgan fingerprint density at radius 3 is 2.48 bits per heavy atom. The first kappa shape index (κ1) is 18.1. The molecule has 1 aromatic carbocycles. The lowest BCUT2D eigenvalue weighted by atomic mass is 10.1. The molecule has 1 unspecified atom stereocenters. The second kappa shape index (κ2) is 7.92. The minimum atomic E-state index is -3.50. The fourth-order valence-electron chi connectivity index (χ4n) is 2.69. The van der Waals surface area contributed by atoms with Crippen molar-refractivity contribution in [2.75, 3.05) is 13.2 Å². The Morgan fingerprint density at radius 2 is 1.90 bits per heavy atom. The van der Waals surface area contributed by atoms with Crippen LogP contribution < -0.4 is 0 Å². The summed E-state index contributed by atoms with van der Waals surface area (Å²) in [7, 11) is -3.50. The van der Waals surface area contributed by atoms with Gasteiger partial charge in [-0.15, -0.1) is 0 Å². The maximum atomic E-state index is 12.7. The van der Waals surface area contributed by atoms with Crippen molar-refractivity contribution in [1.29, 1.82) is 0 Å². The van der Waals surface area contributed by atoms with E-state index in [1.807, 2.05) is 39.8 Å². The minimum absolute atomic E-state index is 0.107. The van der Waals surface area contributed by atoms with Crippen LogP contribution in [0.3, 0.4) is 0 Å². The van der Waals surface area contributed by atoms with E-state index in [1.165, 1.54) is 4.31 Å². The highest BCUT2D eigenvalue weighted by Gasteiger charge is 2.33. The van der Waals surface area contributed by atoms with Crippen LogP contribution in [0.15, 0.2) is 23.1 Å². The number of rotatable bonds is 3. The smallest absolute Gasteiger partial charge is 0.243 e. The molecule has 5 heteroatoms. The van der Waals surface area contributed by atoms with Crippen molar-refractivity contribution in [2.24, 2.45) is 0 Å². The van der Waals surface area contributed by atoms with Gasteiger partial charge in [-0.25, -0.2) is 8.42 Å². The van der Waals surface area contributed by atoms with E-state index in [2.05, 4.69) is 0 Å². The van der Waals surface area contributed by atoms with Crippen LogP contribution in [-0.4, -0.2) is 37.0 Å². The maximum Gasteiger partial charge on any atom is 0.243 e. The van der Waals surface area contributed by atoms with E-state index in [0.29, 0.717) is 11.4 Å². The number of aliphatic hydroxyl groups excluding tert-OH is 1. The molecule has 21 heavy (non-hydrogen) atoms. The zero-order chi connectivity index (χ0) is 16.0. The highest BCUT2D eigenvalue weighted by atomic mass is 32.2. The Balaban J connectivity index is 0.00000106. The molecule has 0 radical (unpaired) electrons. The first-order valence-corrected chi connectivity index (χ1v) is 9.11. The normalized spacial score (nSPS) is 19.8. The molecule has 2 rings (SSSR count). The molecule has 4 nitrogen and oxygen atoms in total. The SMILES string of the molecule is CC.Cc1ccc(S(=O)(=O)N2CCCCC2CO)c(C)c1. The molecule has 0 spiro atoms. The second-order valence-electron chi connectivity index (χ2n) is 5.22. The lowest BCUT2D eigenvalue weighted by Crippen LogP contribution is -2.45. The van der Waals surface area contributed by atoms with Crippen molar-refractivity contribution in [3.05, 3.63) is 29.3 Å². The third-order valence-electron chi connectivity index (χ3n) is 3.70. The average molecular weight is 313 g/mol. The maximum absolute atomic E-state index is 12.7. The fraction of sp³-hybridized carbons (Fsp3) is 0.625. The van der Waals surface area contributed by atoms with E-state index in [1.54, 1.807) is 6.07 Å². The molecule has 1 heterocycles. The fourth-order valence-corrected chi connectivity index (χ4v) is 4.58. The van der Waals surface area contributed by atoms with Gasteiger partial charge >= 0.3 is 0 Å². The molecular formula is C16H27NO3S. The summed E-state index contributed by atoms with van der Waals surface area (Å²) in [5, 5.41) is 9.38. The number of hydrogen-bond acceptors (Lipinski definition) is 3. The molecule has 120 valence electrons. The molecule has 0 aromatic heterocycles. The molecule has 0 saturated carbocycles. The number of piperidine rings is 1. The zero-order valence-corrected chi connectivity index (χ0v) is 14.3. The van der Waals surface area contributed by atoms with Crippen LogP contribution in [0.1, 0.15) is 44.2 Å². The largest absolute Gasteiger partial charge is 0.395 e. The van der Waals surface area contributed by atoms with E-state index < -0.39 is 10.0 Å². The van der Waals surface area contributed by atoms with Gasteiger partial charge in [0.05, 0.1) is 11.5 Å². The molecule has 1 fully saturated rings. The minimum Gasteiger partial charge on any atom is -0.395 e. The number of hydrogen-bond donors (Lipinski definition) is 1. The summed E-state index contributed by atoms with van der Waals surface area (Å²) in [4.78, 5) is 0.360. The lowest BCUT2D eigenvalue weighted by Gasteiger charge is -2.33. The Morgan fingerprint density at radius 1 is 1.24 bits per heavy atom. The van der Waals surface area contributed by atoms with E-state index in [9.17, 15) is 13.5 Å². The van der Waals surface area contributed by atoms with Crippen LogP contribution >= 0.6 is 0 Å². The van der Waals surface area contributed by atoms with Gasteiger partial charge in [-0.3, -0.25) is 0 Å². The first-order chi connectivity index (χ1) is 9.96. The number of benzene rings is 1. The monoisotopic (exact) mass is 313 g/mol. The summed E-state index contributed by atoms with van der Waals surface area (Å²) in [6.07, 6.45) is 2.57. The number of aliphatic hydroxyl groups is 1. The van der Waals surface area contributed by atoms with Gasteiger partial charge < -0.3 is 5.11 Å². The van der Waals surface area contributed by atoms with E-state index in [4.69, 9.17) is 0 Å². The molecule has 1 aromatic rings. The number of nitrogens with zero attached hydrogens (tertiary/aromatic N) is 1. The van der Waals surface area contributed by atoms with E-state index >= 15 is 0 Å². The summed E-state index contributed by atoms with van der Waals surface area (Å²) in [5.74, 6) is 0. The first-order valence-electron chi connectivity index (χ1n) is 7.67. The van der Waals surface area contributed by atoms with E-state index in [0.717, 1.165) is 30.4 Å². The molecule has 0 amide bonds. The summed E-state index contributed by atoms with van der Waals surface area (Å²) in [6, 6.07) is 5.09. The van der Waals surface area contributed by atoms with Gasteiger partial charge in [-0.2, -0.15) is 4.31 Å². The standard InChI is InChI=1S/C14H21NO3S.C2H6/c1-11-6-7-14(12(2)9-11)19(17,18)15-8-4-3-5-13(15)10-16;1-2/h6-7,9,13,16H,3-5,8,10H2,1-2H3;1-2H3. The van der Waals surface area contributed by atoms with E-state index in [-0.39, 0.29) is 12.6 Å².